The Hall–Kier alpha value is -1.74. The van der Waals surface area contributed by atoms with Crippen LogP contribution in [0.25, 0.3) is 11.4 Å². The fraction of sp³-hybridized carbons (Fsp3) is 0.333. The van der Waals surface area contributed by atoms with E-state index in [1.165, 1.54) is 26.4 Å². The number of aromatic nitrogens is 2. The van der Waals surface area contributed by atoms with Crippen molar-refractivity contribution < 1.29 is 31.3 Å². The summed E-state index contributed by atoms with van der Waals surface area (Å²) < 4.78 is 62.6. The lowest BCUT2D eigenvalue weighted by molar-refractivity contribution is -0.159. The van der Waals surface area contributed by atoms with Crippen molar-refractivity contribution in [2.45, 2.75) is 12.7 Å². The molecule has 23 heavy (non-hydrogen) atoms. The molecule has 0 bridgehead atoms. The molecule has 0 aliphatic heterocycles. The quantitative estimate of drug-likeness (QED) is 0.800. The molecule has 126 valence electrons. The molecule has 2 aromatic rings. The first-order chi connectivity index (χ1) is 10.8. The van der Waals surface area contributed by atoms with E-state index in [0.29, 0.717) is 11.1 Å². The van der Waals surface area contributed by atoms with Crippen LogP contribution in [-0.4, -0.2) is 24.4 Å². The fourth-order valence-electron chi connectivity index (χ4n) is 1.62. The number of nitrogens with one attached hydrogen (secondary N) is 1. The minimum absolute atomic E-state index is 0.170. The number of hydrogen-bond acceptors (Lipinski definition) is 6. The van der Waals surface area contributed by atoms with Crippen LogP contribution in [0.1, 0.15) is 11.5 Å². The molecule has 0 amide bonds. The van der Waals surface area contributed by atoms with Gasteiger partial charge in [0, 0.05) is 26.3 Å². The SMILES string of the molecule is COP(=O)(NCc1ccc(-c2noc(C(F)(F)F)n2)cc1)OC. The Kier molecular flexibility index (Phi) is 5.20. The van der Waals surface area contributed by atoms with Crippen molar-refractivity contribution >= 4 is 7.75 Å². The molecule has 1 heterocycles. The lowest BCUT2D eigenvalue weighted by Gasteiger charge is -2.14. The topological polar surface area (TPSA) is 86.5 Å². The molecule has 1 aromatic heterocycles. The molecule has 0 fully saturated rings. The molecule has 7 nitrogen and oxygen atoms in total. The van der Waals surface area contributed by atoms with Gasteiger partial charge in [-0.05, 0) is 5.56 Å². The molecule has 11 heteroatoms. The normalized spacial score (nSPS) is 12.6. The lowest BCUT2D eigenvalue weighted by Crippen LogP contribution is -2.12. The van der Waals surface area contributed by atoms with Crippen molar-refractivity contribution in [2.75, 3.05) is 14.2 Å². The summed E-state index contributed by atoms with van der Waals surface area (Å²) in [4.78, 5) is 3.29. The molecular formula is C12H13F3N3O4P. The van der Waals surface area contributed by atoms with Crippen molar-refractivity contribution in [3.63, 3.8) is 0 Å². The summed E-state index contributed by atoms with van der Waals surface area (Å²) in [6.07, 6.45) is -4.68. The maximum absolute atomic E-state index is 12.4. The second-order valence-corrected chi connectivity index (χ2v) is 6.36. The smallest absolute Gasteiger partial charge is 0.329 e. The summed E-state index contributed by atoms with van der Waals surface area (Å²) in [5.74, 6) is -1.57. The summed E-state index contributed by atoms with van der Waals surface area (Å²) >= 11 is 0. The molecule has 0 aliphatic rings. The highest BCUT2D eigenvalue weighted by molar-refractivity contribution is 7.51. The second-order valence-electron chi connectivity index (χ2n) is 4.32. The van der Waals surface area contributed by atoms with Crippen LogP contribution < -0.4 is 5.09 Å². The summed E-state index contributed by atoms with van der Waals surface area (Å²) in [6, 6.07) is 6.27. The predicted molar refractivity (Wildman–Crippen MR) is 73.2 cm³/mol. The first kappa shape index (κ1) is 17.6. The lowest BCUT2D eigenvalue weighted by atomic mass is 10.1. The first-order valence-corrected chi connectivity index (χ1v) is 7.78. The molecule has 0 radical (unpaired) electrons. The average molecular weight is 351 g/mol. The standard InChI is InChI=1S/C12H13F3N3O4P/c1-20-23(19,21-2)16-7-8-3-5-9(6-4-8)10-17-11(22-18-10)12(13,14)15/h3-6H,7H2,1-2H3,(H,16,19). The van der Waals surface area contributed by atoms with Gasteiger partial charge in [0.15, 0.2) is 0 Å². The number of halogens is 3. The fourth-order valence-corrected chi connectivity index (χ4v) is 2.40. The van der Waals surface area contributed by atoms with Crippen LogP contribution in [0.3, 0.4) is 0 Å². The van der Waals surface area contributed by atoms with Crippen LogP contribution in [0, 0.1) is 0 Å². The van der Waals surface area contributed by atoms with Crippen LogP contribution in [-0.2, 0) is 26.3 Å². The van der Waals surface area contributed by atoms with Crippen LogP contribution >= 0.6 is 7.75 Å². The summed E-state index contributed by atoms with van der Waals surface area (Å²) in [7, 11) is -0.857. The Morgan fingerprint density at radius 3 is 2.30 bits per heavy atom. The zero-order valence-corrected chi connectivity index (χ0v) is 13.0. The van der Waals surface area contributed by atoms with E-state index in [-0.39, 0.29) is 12.4 Å². The average Bonchev–Trinajstić information content (AvgIpc) is 3.03. The molecule has 0 unspecified atom stereocenters. The van der Waals surface area contributed by atoms with Gasteiger partial charge >= 0.3 is 19.8 Å². The Morgan fingerprint density at radius 2 is 1.83 bits per heavy atom. The zero-order valence-electron chi connectivity index (χ0n) is 12.1. The molecular weight excluding hydrogens is 338 g/mol. The largest absolute Gasteiger partial charge is 0.471 e. The molecule has 0 saturated heterocycles. The monoisotopic (exact) mass is 351 g/mol. The van der Waals surface area contributed by atoms with E-state index < -0.39 is 19.8 Å². The zero-order chi connectivity index (χ0) is 17.1. The van der Waals surface area contributed by atoms with Crippen LogP contribution in [0.2, 0.25) is 0 Å². The Balaban J connectivity index is 2.08. The van der Waals surface area contributed by atoms with E-state index in [1.54, 1.807) is 12.1 Å². The van der Waals surface area contributed by atoms with Crippen molar-refractivity contribution in [1.29, 1.82) is 0 Å². The number of benzene rings is 1. The number of nitrogens with zero attached hydrogens (tertiary/aromatic N) is 2. The minimum atomic E-state index is -4.68. The minimum Gasteiger partial charge on any atom is -0.329 e. The van der Waals surface area contributed by atoms with Gasteiger partial charge in [0.1, 0.15) is 0 Å². The van der Waals surface area contributed by atoms with E-state index >= 15 is 0 Å². The second kappa shape index (κ2) is 6.79. The maximum Gasteiger partial charge on any atom is 0.471 e. The highest BCUT2D eigenvalue weighted by Gasteiger charge is 2.38. The van der Waals surface area contributed by atoms with E-state index in [1.807, 2.05) is 0 Å². The summed E-state index contributed by atoms with van der Waals surface area (Å²) in [6.45, 7) is 0.180. The summed E-state index contributed by atoms with van der Waals surface area (Å²) in [5.41, 5.74) is 1.07. The molecule has 1 aromatic carbocycles. The van der Waals surface area contributed by atoms with Crippen LogP contribution in [0.4, 0.5) is 13.2 Å². The van der Waals surface area contributed by atoms with Crippen LogP contribution in [0.15, 0.2) is 28.8 Å². The molecule has 0 atom stereocenters. The molecule has 0 saturated carbocycles. The van der Waals surface area contributed by atoms with Gasteiger partial charge in [0.2, 0.25) is 5.82 Å². The van der Waals surface area contributed by atoms with Gasteiger partial charge < -0.3 is 13.6 Å². The highest BCUT2D eigenvalue weighted by atomic mass is 31.2. The number of alkyl halides is 3. The first-order valence-electron chi connectivity index (χ1n) is 6.24. The van der Waals surface area contributed by atoms with E-state index in [4.69, 9.17) is 9.05 Å². The van der Waals surface area contributed by atoms with Gasteiger partial charge in [-0.15, -0.1) is 0 Å². The third-order valence-corrected chi connectivity index (χ3v) is 4.35. The van der Waals surface area contributed by atoms with Crippen molar-refractivity contribution in [3.8, 4) is 11.4 Å². The van der Waals surface area contributed by atoms with Gasteiger partial charge in [0.05, 0.1) is 0 Å². The Labute approximate surface area is 129 Å². The van der Waals surface area contributed by atoms with Gasteiger partial charge in [-0.2, -0.15) is 18.2 Å². The Bertz CT molecular complexity index is 694. The van der Waals surface area contributed by atoms with Crippen molar-refractivity contribution in [1.82, 2.24) is 15.2 Å². The Morgan fingerprint density at radius 1 is 1.22 bits per heavy atom. The predicted octanol–water partition coefficient (Wildman–Crippen LogP) is 3.25. The van der Waals surface area contributed by atoms with Gasteiger partial charge in [-0.1, -0.05) is 29.4 Å². The van der Waals surface area contributed by atoms with Gasteiger partial charge in [0.25, 0.3) is 0 Å². The maximum atomic E-state index is 12.4. The van der Waals surface area contributed by atoms with Crippen LogP contribution in [0.5, 0.6) is 0 Å². The van der Waals surface area contributed by atoms with Crippen molar-refractivity contribution in [2.24, 2.45) is 0 Å². The molecule has 1 N–H and O–H groups in total. The molecule has 0 spiro atoms. The van der Waals surface area contributed by atoms with E-state index in [2.05, 4.69) is 19.8 Å². The van der Waals surface area contributed by atoms with Crippen molar-refractivity contribution in [3.05, 3.63) is 35.7 Å². The number of rotatable bonds is 6. The highest BCUT2D eigenvalue weighted by Crippen LogP contribution is 2.41. The van der Waals surface area contributed by atoms with Gasteiger partial charge in [-0.3, -0.25) is 0 Å². The van der Waals surface area contributed by atoms with E-state index in [0.717, 1.165) is 0 Å². The van der Waals surface area contributed by atoms with E-state index in [9.17, 15) is 17.7 Å². The number of hydrogen-bond donors (Lipinski definition) is 1. The van der Waals surface area contributed by atoms with Gasteiger partial charge in [-0.25, -0.2) is 9.65 Å². The third-order valence-electron chi connectivity index (χ3n) is 2.84. The molecule has 0 aliphatic carbocycles. The third kappa shape index (κ3) is 4.38. The molecule has 2 rings (SSSR count). The summed E-state index contributed by atoms with van der Waals surface area (Å²) in [5, 5.41) is 5.90.